The average molecular weight is 217 g/mol. The third-order valence-corrected chi connectivity index (χ3v) is 2.66. The quantitative estimate of drug-likeness (QED) is 0.821. The highest BCUT2D eigenvalue weighted by Crippen LogP contribution is 2.15. The Hall–Kier alpha value is -1.60. The van der Waals surface area contributed by atoms with Gasteiger partial charge in [-0.2, -0.15) is 5.26 Å². The topological polar surface area (TPSA) is 57.9 Å². The molecule has 0 amide bonds. The van der Waals surface area contributed by atoms with Crippen molar-refractivity contribution in [3.8, 4) is 6.07 Å². The molecule has 1 aliphatic rings. The average Bonchev–Trinajstić information content (AvgIpc) is 2.29. The maximum atomic E-state index is 8.87. The van der Waals surface area contributed by atoms with Crippen LogP contribution in [0.15, 0.2) is 12.1 Å². The molecule has 1 aromatic rings. The lowest BCUT2D eigenvalue weighted by molar-refractivity contribution is 0.0904. The fraction of sp³-hybridized carbons (Fsp3) is 0.500. The molecule has 4 heteroatoms. The van der Waals surface area contributed by atoms with Gasteiger partial charge in [-0.25, -0.2) is 4.98 Å². The first-order chi connectivity index (χ1) is 7.78. The number of anilines is 1. The molecule has 1 saturated heterocycles. The van der Waals surface area contributed by atoms with E-state index in [-0.39, 0.29) is 0 Å². The van der Waals surface area contributed by atoms with Gasteiger partial charge < -0.3 is 10.1 Å². The van der Waals surface area contributed by atoms with Gasteiger partial charge in [0.05, 0.1) is 11.6 Å². The molecule has 0 spiro atoms. The number of hydrogen-bond donors (Lipinski definition) is 1. The number of ether oxygens (including phenoxy) is 1. The molecule has 1 aliphatic heterocycles. The van der Waals surface area contributed by atoms with E-state index in [1.54, 1.807) is 12.1 Å². The molecule has 16 heavy (non-hydrogen) atoms. The van der Waals surface area contributed by atoms with Crippen LogP contribution in [-0.2, 0) is 4.74 Å². The number of aryl methyl sites for hydroxylation is 1. The van der Waals surface area contributed by atoms with E-state index in [0.717, 1.165) is 37.6 Å². The van der Waals surface area contributed by atoms with Crippen LogP contribution in [0.3, 0.4) is 0 Å². The van der Waals surface area contributed by atoms with Gasteiger partial charge in [0.25, 0.3) is 0 Å². The maximum absolute atomic E-state index is 8.87. The second-order valence-electron chi connectivity index (χ2n) is 4.03. The number of aromatic nitrogens is 1. The van der Waals surface area contributed by atoms with Crippen LogP contribution < -0.4 is 5.32 Å². The van der Waals surface area contributed by atoms with Crippen molar-refractivity contribution in [1.29, 1.82) is 5.26 Å². The van der Waals surface area contributed by atoms with Crippen molar-refractivity contribution in [3.63, 3.8) is 0 Å². The summed E-state index contributed by atoms with van der Waals surface area (Å²) in [4.78, 5) is 4.37. The van der Waals surface area contributed by atoms with Gasteiger partial charge in [0.1, 0.15) is 5.82 Å². The van der Waals surface area contributed by atoms with E-state index in [1.165, 1.54) is 0 Å². The zero-order chi connectivity index (χ0) is 11.4. The molecule has 0 unspecified atom stereocenters. The highest BCUT2D eigenvalue weighted by atomic mass is 16.5. The highest BCUT2D eigenvalue weighted by Gasteiger charge is 2.14. The van der Waals surface area contributed by atoms with E-state index in [4.69, 9.17) is 10.00 Å². The molecule has 0 aliphatic carbocycles. The van der Waals surface area contributed by atoms with Gasteiger partial charge in [0.15, 0.2) is 0 Å². The van der Waals surface area contributed by atoms with Gasteiger partial charge in [-0.3, -0.25) is 0 Å². The van der Waals surface area contributed by atoms with E-state index >= 15 is 0 Å². The summed E-state index contributed by atoms with van der Waals surface area (Å²) in [6.07, 6.45) is 2.00. The molecule has 1 N–H and O–H groups in total. The number of rotatable bonds is 2. The van der Waals surface area contributed by atoms with E-state index in [9.17, 15) is 0 Å². The summed E-state index contributed by atoms with van der Waals surface area (Å²) in [6, 6.07) is 6.13. The van der Waals surface area contributed by atoms with Gasteiger partial charge in [-0.05, 0) is 31.9 Å². The molecule has 0 aromatic carbocycles. The smallest absolute Gasteiger partial charge is 0.127 e. The van der Waals surface area contributed by atoms with Gasteiger partial charge in [0, 0.05) is 24.9 Å². The Bertz CT molecular complexity index is 405. The molecular formula is C12H15N3O. The Kier molecular flexibility index (Phi) is 3.37. The van der Waals surface area contributed by atoms with E-state index in [0.29, 0.717) is 11.6 Å². The summed E-state index contributed by atoms with van der Waals surface area (Å²) in [5, 5.41) is 12.2. The molecule has 84 valence electrons. The van der Waals surface area contributed by atoms with Crippen LogP contribution in [0, 0.1) is 18.3 Å². The Labute approximate surface area is 95.3 Å². The predicted molar refractivity (Wildman–Crippen MR) is 61.2 cm³/mol. The van der Waals surface area contributed by atoms with Crippen molar-refractivity contribution in [2.45, 2.75) is 25.8 Å². The SMILES string of the molecule is Cc1cc(C#N)cc(NC2CCOCC2)n1. The largest absolute Gasteiger partial charge is 0.381 e. The van der Waals surface area contributed by atoms with Gasteiger partial charge in [-0.1, -0.05) is 0 Å². The van der Waals surface area contributed by atoms with Crippen LogP contribution in [0.25, 0.3) is 0 Å². The molecule has 0 bridgehead atoms. The van der Waals surface area contributed by atoms with Crippen molar-refractivity contribution in [2.75, 3.05) is 18.5 Å². The normalized spacial score (nSPS) is 16.8. The molecule has 2 rings (SSSR count). The van der Waals surface area contributed by atoms with Crippen molar-refractivity contribution < 1.29 is 4.74 Å². The first-order valence-electron chi connectivity index (χ1n) is 5.51. The second-order valence-corrected chi connectivity index (χ2v) is 4.03. The fourth-order valence-electron chi connectivity index (χ4n) is 1.86. The minimum Gasteiger partial charge on any atom is -0.381 e. The van der Waals surface area contributed by atoms with Crippen LogP contribution in [0.2, 0.25) is 0 Å². The molecule has 1 fully saturated rings. The Balaban J connectivity index is 2.08. The number of nitrogens with one attached hydrogen (secondary N) is 1. The Morgan fingerprint density at radius 3 is 2.88 bits per heavy atom. The number of hydrogen-bond acceptors (Lipinski definition) is 4. The van der Waals surface area contributed by atoms with Crippen LogP contribution in [0.5, 0.6) is 0 Å². The van der Waals surface area contributed by atoms with Gasteiger partial charge >= 0.3 is 0 Å². The fourth-order valence-corrected chi connectivity index (χ4v) is 1.86. The monoisotopic (exact) mass is 217 g/mol. The third kappa shape index (κ3) is 2.71. The molecule has 0 atom stereocenters. The first-order valence-corrected chi connectivity index (χ1v) is 5.51. The number of pyridine rings is 1. The highest BCUT2D eigenvalue weighted by molar-refractivity contribution is 5.44. The third-order valence-electron chi connectivity index (χ3n) is 2.66. The first kappa shape index (κ1) is 10.9. The molecule has 2 heterocycles. The van der Waals surface area contributed by atoms with Crippen molar-refractivity contribution >= 4 is 5.82 Å². The minimum absolute atomic E-state index is 0.412. The maximum Gasteiger partial charge on any atom is 0.127 e. The van der Waals surface area contributed by atoms with E-state index in [2.05, 4.69) is 16.4 Å². The van der Waals surface area contributed by atoms with Crippen LogP contribution in [-0.4, -0.2) is 24.2 Å². The standard InChI is InChI=1S/C12H15N3O/c1-9-6-10(8-13)7-12(14-9)15-11-2-4-16-5-3-11/h6-7,11H,2-5H2,1H3,(H,14,15). The summed E-state index contributed by atoms with van der Waals surface area (Å²) < 4.78 is 5.29. The summed E-state index contributed by atoms with van der Waals surface area (Å²) in [5.74, 6) is 0.795. The summed E-state index contributed by atoms with van der Waals surface area (Å²) >= 11 is 0. The lowest BCUT2D eigenvalue weighted by Crippen LogP contribution is -2.28. The summed E-state index contributed by atoms with van der Waals surface area (Å²) in [5.41, 5.74) is 1.52. The summed E-state index contributed by atoms with van der Waals surface area (Å²) in [6.45, 7) is 3.50. The molecule has 0 saturated carbocycles. The Morgan fingerprint density at radius 1 is 1.44 bits per heavy atom. The number of nitrogens with zero attached hydrogens (tertiary/aromatic N) is 2. The van der Waals surface area contributed by atoms with Crippen molar-refractivity contribution in [3.05, 3.63) is 23.4 Å². The Morgan fingerprint density at radius 2 is 2.19 bits per heavy atom. The molecule has 4 nitrogen and oxygen atoms in total. The van der Waals surface area contributed by atoms with Crippen molar-refractivity contribution in [1.82, 2.24) is 4.98 Å². The lowest BCUT2D eigenvalue weighted by atomic mass is 10.1. The van der Waals surface area contributed by atoms with Gasteiger partial charge in [-0.15, -0.1) is 0 Å². The van der Waals surface area contributed by atoms with E-state index in [1.807, 2.05) is 6.92 Å². The minimum atomic E-state index is 0.412. The van der Waals surface area contributed by atoms with Crippen LogP contribution >= 0.6 is 0 Å². The zero-order valence-electron chi connectivity index (χ0n) is 9.36. The van der Waals surface area contributed by atoms with E-state index < -0.39 is 0 Å². The van der Waals surface area contributed by atoms with Crippen LogP contribution in [0.1, 0.15) is 24.1 Å². The molecular weight excluding hydrogens is 202 g/mol. The second kappa shape index (κ2) is 4.95. The van der Waals surface area contributed by atoms with Crippen molar-refractivity contribution in [2.24, 2.45) is 0 Å². The predicted octanol–water partition coefficient (Wildman–Crippen LogP) is 1.85. The molecule has 0 radical (unpaired) electrons. The zero-order valence-corrected chi connectivity index (χ0v) is 9.36. The lowest BCUT2D eigenvalue weighted by Gasteiger charge is -2.23. The summed E-state index contributed by atoms with van der Waals surface area (Å²) in [7, 11) is 0. The number of nitriles is 1. The molecule has 1 aromatic heterocycles. The van der Waals surface area contributed by atoms with Crippen LogP contribution in [0.4, 0.5) is 5.82 Å². The van der Waals surface area contributed by atoms with Gasteiger partial charge in [0.2, 0.25) is 0 Å².